The fourth-order valence-corrected chi connectivity index (χ4v) is 2.35. The van der Waals surface area contributed by atoms with Crippen molar-refractivity contribution in [2.75, 3.05) is 7.11 Å². The lowest BCUT2D eigenvalue weighted by Gasteiger charge is -2.01. The van der Waals surface area contributed by atoms with Crippen LogP contribution in [0.3, 0.4) is 0 Å². The molecule has 24 heavy (non-hydrogen) atoms. The van der Waals surface area contributed by atoms with Gasteiger partial charge in [0.05, 0.1) is 23.1 Å². The second-order valence-electron chi connectivity index (χ2n) is 4.57. The Balaban J connectivity index is 0.000000243. The van der Waals surface area contributed by atoms with Gasteiger partial charge in [-0.3, -0.25) is 4.18 Å². The molecule has 0 unspecified atom stereocenters. The molecular weight excluding hydrogens is 336 g/mol. The number of hydrogen-bond donors (Lipinski definition) is 2. The zero-order chi connectivity index (χ0) is 18.3. The van der Waals surface area contributed by atoms with E-state index in [2.05, 4.69) is 4.18 Å². The molecular formula is C16H16O7S. The van der Waals surface area contributed by atoms with Crippen molar-refractivity contribution >= 4 is 22.1 Å². The number of benzene rings is 2. The molecule has 8 heteroatoms. The Labute approximate surface area is 139 Å². The molecule has 0 bridgehead atoms. The molecule has 0 spiro atoms. The van der Waals surface area contributed by atoms with E-state index < -0.39 is 22.1 Å². The first-order valence-electron chi connectivity index (χ1n) is 6.62. The van der Waals surface area contributed by atoms with Gasteiger partial charge in [0.2, 0.25) is 0 Å². The Kier molecular flexibility index (Phi) is 6.63. The lowest BCUT2D eigenvalue weighted by molar-refractivity contribution is 0.0695. The van der Waals surface area contributed by atoms with E-state index in [0.717, 1.165) is 13.2 Å². The molecule has 0 saturated carbocycles. The number of carbonyl (C=O) groups is 2. The highest BCUT2D eigenvalue weighted by molar-refractivity contribution is 7.86. The maximum atomic E-state index is 11.0. The van der Waals surface area contributed by atoms with Crippen molar-refractivity contribution < 1.29 is 32.4 Å². The number of aryl methyl sites for hydroxylation is 1. The average Bonchev–Trinajstić information content (AvgIpc) is 2.56. The summed E-state index contributed by atoms with van der Waals surface area (Å²) in [5.41, 5.74) is 0.570. The quantitative estimate of drug-likeness (QED) is 0.811. The van der Waals surface area contributed by atoms with E-state index in [4.69, 9.17) is 10.2 Å². The number of aromatic carboxylic acids is 2. The molecule has 0 fully saturated rings. The van der Waals surface area contributed by atoms with Crippen molar-refractivity contribution in [3.63, 3.8) is 0 Å². The predicted octanol–water partition coefficient (Wildman–Crippen LogP) is 2.41. The van der Waals surface area contributed by atoms with Crippen LogP contribution in [0.5, 0.6) is 0 Å². The molecule has 0 radical (unpaired) electrons. The Morgan fingerprint density at radius 2 is 1.54 bits per heavy atom. The van der Waals surface area contributed by atoms with Crippen LogP contribution < -0.4 is 0 Å². The van der Waals surface area contributed by atoms with Crippen molar-refractivity contribution in [3.8, 4) is 0 Å². The van der Waals surface area contributed by atoms with E-state index in [1.807, 2.05) is 0 Å². The summed E-state index contributed by atoms with van der Waals surface area (Å²) in [6, 6.07) is 12.0. The summed E-state index contributed by atoms with van der Waals surface area (Å²) in [7, 11) is -2.36. The average molecular weight is 352 g/mol. The van der Waals surface area contributed by atoms with E-state index in [1.165, 1.54) is 24.3 Å². The number of carboxylic acids is 2. The Morgan fingerprint density at radius 3 is 2.00 bits per heavy atom. The van der Waals surface area contributed by atoms with Gasteiger partial charge in [0.1, 0.15) is 0 Å². The SMILES string of the molecule is COS(=O)(=O)c1ccccc1.Cc1ccc(C(=O)O)cc1C(=O)O. The summed E-state index contributed by atoms with van der Waals surface area (Å²) in [5.74, 6) is -2.23. The lowest BCUT2D eigenvalue weighted by atomic mass is 10.1. The van der Waals surface area contributed by atoms with Crippen molar-refractivity contribution in [3.05, 3.63) is 65.2 Å². The third-order valence-electron chi connectivity index (χ3n) is 2.97. The van der Waals surface area contributed by atoms with Crippen LogP contribution in [0.15, 0.2) is 53.4 Å². The Hall–Kier alpha value is -2.71. The van der Waals surface area contributed by atoms with Crippen LogP contribution in [0.25, 0.3) is 0 Å². The van der Waals surface area contributed by atoms with Gasteiger partial charge in [0, 0.05) is 0 Å². The van der Waals surface area contributed by atoms with Gasteiger partial charge >= 0.3 is 11.9 Å². The first-order valence-corrected chi connectivity index (χ1v) is 8.02. The van der Waals surface area contributed by atoms with Gasteiger partial charge < -0.3 is 10.2 Å². The second-order valence-corrected chi connectivity index (χ2v) is 6.29. The first-order chi connectivity index (χ1) is 11.2. The van der Waals surface area contributed by atoms with Crippen LogP contribution in [0.4, 0.5) is 0 Å². The second kappa shape index (κ2) is 8.23. The van der Waals surface area contributed by atoms with Gasteiger partial charge in [0.25, 0.3) is 10.1 Å². The van der Waals surface area contributed by atoms with Gasteiger partial charge in [-0.1, -0.05) is 24.3 Å². The molecule has 0 aromatic heterocycles. The number of rotatable bonds is 4. The highest BCUT2D eigenvalue weighted by Crippen LogP contribution is 2.11. The molecule has 2 aromatic carbocycles. The third kappa shape index (κ3) is 5.18. The van der Waals surface area contributed by atoms with E-state index >= 15 is 0 Å². The molecule has 0 aliphatic carbocycles. The molecule has 0 amide bonds. The summed E-state index contributed by atoms with van der Waals surface area (Å²) in [4.78, 5) is 21.3. The number of hydrogen-bond acceptors (Lipinski definition) is 5. The van der Waals surface area contributed by atoms with Gasteiger partial charge in [-0.2, -0.15) is 8.42 Å². The zero-order valence-electron chi connectivity index (χ0n) is 13.0. The fourth-order valence-electron chi connectivity index (χ4n) is 1.67. The van der Waals surface area contributed by atoms with Crippen LogP contribution >= 0.6 is 0 Å². The molecule has 0 heterocycles. The first kappa shape index (κ1) is 19.3. The topological polar surface area (TPSA) is 118 Å². The molecule has 128 valence electrons. The number of carboxylic acid groups (broad SMARTS) is 2. The van der Waals surface area contributed by atoms with Crippen molar-refractivity contribution in [2.45, 2.75) is 11.8 Å². The van der Waals surface area contributed by atoms with Crippen molar-refractivity contribution in [1.82, 2.24) is 0 Å². The van der Waals surface area contributed by atoms with Gasteiger partial charge in [-0.25, -0.2) is 9.59 Å². The summed E-state index contributed by atoms with van der Waals surface area (Å²) in [5, 5.41) is 17.3. The molecule has 0 aliphatic heterocycles. The minimum atomic E-state index is -3.50. The zero-order valence-corrected chi connectivity index (χ0v) is 13.8. The van der Waals surface area contributed by atoms with Crippen LogP contribution in [0.1, 0.15) is 26.3 Å². The summed E-state index contributed by atoms with van der Waals surface area (Å²) in [6.07, 6.45) is 0. The minimum absolute atomic E-state index is 0.0111. The maximum Gasteiger partial charge on any atom is 0.335 e. The lowest BCUT2D eigenvalue weighted by Crippen LogP contribution is -2.03. The van der Waals surface area contributed by atoms with E-state index in [1.54, 1.807) is 25.1 Å². The summed E-state index contributed by atoms with van der Waals surface area (Å²) >= 11 is 0. The van der Waals surface area contributed by atoms with Crippen molar-refractivity contribution in [1.29, 1.82) is 0 Å². The minimum Gasteiger partial charge on any atom is -0.478 e. The monoisotopic (exact) mass is 352 g/mol. The molecule has 2 rings (SSSR count). The summed E-state index contributed by atoms with van der Waals surface area (Å²) in [6.45, 7) is 1.62. The predicted molar refractivity (Wildman–Crippen MR) is 85.7 cm³/mol. The molecule has 2 N–H and O–H groups in total. The van der Waals surface area contributed by atoms with Crippen LogP contribution in [-0.4, -0.2) is 37.7 Å². The maximum absolute atomic E-state index is 11.0. The van der Waals surface area contributed by atoms with Gasteiger partial charge in [0.15, 0.2) is 0 Å². The smallest absolute Gasteiger partial charge is 0.335 e. The molecule has 0 aliphatic rings. The van der Waals surface area contributed by atoms with Crippen LogP contribution in [0.2, 0.25) is 0 Å². The molecule has 7 nitrogen and oxygen atoms in total. The molecule has 0 atom stereocenters. The summed E-state index contributed by atoms with van der Waals surface area (Å²) < 4.78 is 26.3. The third-order valence-corrected chi connectivity index (χ3v) is 4.25. The molecule has 2 aromatic rings. The van der Waals surface area contributed by atoms with Crippen LogP contribution in [0, 0.1) is 6.92 Å². The van der Waals surface area contributed by atoms with E-state index in [-0.39, 0.29) is 16.0 Å². The Bertz CT molecular complexity index is 827. The fraction of sp³-hybridized carbons (Fsp3) is 0.125. The van der Waals surface area contributed by atoms with Gasteiger partial charge in [-0.05, 0) is 36.8 Å². The normalized spacial score (nSPS) is 10.4. The van der Waals surface area contributed by atoms with E-state index in [0.29, 0.717) is 5.56 Å². The highest BCUT2D eigenvalue weighted by Gasteiger charge is 2.11. The van der Waals surface area contributed by atoms with Gasteiger partial charge in [-0.15, -0.1) is 0 Å². The highest BCUT2D eigenvalue weighted by atomic mass is 32.2. The van der Waals surface area contributed by atoms with Crippen molar-refractivity contribution in [2.24, 2.45) is 0 Å². The Morgan fingerprint density at radius 1 is 0.958 bits per heavy atom. The van der Waals surface area contributed by atoms with E-state index in [9.17, 15) is 18.0 Å². The van der Waals surface area contributed by atoms with Crippen LogP contribution in [-0.2, 0) is 14.3 Å². The largest absolute Gasteiger partial charge is 0.478 e. The molecule has 0 saturated heterocycles. The standard InChI is InChI=1S/C9H8O4.C7H8O3S/c1-5-2-3-6(8(10)11)4-7(5)9(12)13;1-10-11(8,9)7-5-3-2-4-6-7/h2-4H,1H3,(H,10,11)(H,12,13);2-6H,1H3.